The van der Waals surface area contributed by atoms with Gasteiger partial charge >= 0.3 is 0 Å². The van der Waals surface area contributed by atoms with E-state index in [1.54, 1.807) is 0 Å². The van der Waals surface area contributed by atoms with E-state index in [-0.39, 0.29) is 12.0 Å². The summed E-state index contributed by atoms with van der Waals surface area (Å²) in [5, 5.41) is 0. The van der Waals surface area contributed by atoms with Crippen LogP contribution < -0.4 is 15.2 Å². The van der Waals surface area contributed by atoms with Crippen LogP contribution >= 0.6 is 0 Å². The predicted molar refractivity (Wildman–Crippen MR) is 143 cm³/mol. The Morgan fingerprint density at radius 1 is 0.943 bits per heavy atom. The number of primary amides is 1. The molecule has 0 aliphatic carbocycles. The molecular formula is C29H47N3O3. The van der Waals surface area contributed by atoms with E-state index < -0.39 is 0 Å². The fourth-order valence-corrected chi connectivity index (χ4v) is 4.14. The van der Waals surface area contributed by atoms with Crippen molar-refractivity contribution in [2.75, 3.05) is 6.61 Å². The molecule has 0 bridgehead atoms. The molecular weight excluding hydrogens is 438 g/mol. The first-order chi connectivity index (χ1) is 16.8. The molecule has 0 spiro atoms. The lowest BCUT2D eigenvalue weighted by Crippen LogP contribution is -2.18. The summed E-state index contributed by atoms with van der Waals surface area (Å²) in [6.45, 7) is 8.62. The number of carbonyl (C=O) groups is 1. The summed E-state index contributed by atoms with van der Waals surface area (Å²) in [6, 6.07) is 8.07. The topological polar surface area (TPSA) is 79.4 Å². The molecule has 196 valence electrons. The molecule has 6 heteroatoms. The van der Waals surface area contributed by atoms with Gasteiger partial charge in [0.05, 0.1) is 19.0 Å². The van der Waals surface area contributed by atoms with Crippen LogP contribution in [-0.4, -0.2) is 28.2 Å². The minimum atomic E-state index is -0.202. The van der Waals surface area contributed by atoms with Crippen LogP contribution in [0.1, 0.15) is 97.8 Å². The predicted octanol–water partition coefficient (Wildman–Crippen LogP) is 6.92. The average molecular weight is 486 g/mol. The Labute approximate surface area is 212 Å². The number of aromatic nitrogens is 2. The molecule has 0 aliphatic heterocycles. The van der Waals surface area contributed by atoms with E-state index in [1.807, 2.05) is 43.0 Å². The van der Waals surface area contributed by atoms with Gasteiger partial charge in [-0.2, -0.15) is 0 Å². The molecule has 0 aliphatic rings. The monoisotopic (exact) mass is 485 g/mol. The maximum atomic E-state index is 10.9. The molecule has 1 aromatic carbocycles. The number of hydrogen-bond donors (Lipinski definition) is 1. The number of ether oxygens (including phenoxy) is 2. The standard InChI is InChI=1S/C29H47N3O3/c1-29(2,3)19-11-13-26(12-7-4-5-8-14-28(30)33)35-27-17-15-25(16-18-27)34-23-10-6-9-21-32-22-20-31-24-32/h15-18,20,22,24,26H,4-14,19,21,23H2,1-3H3,(H2,30,33). The second-order valence-corrected chi connectivity index (χ2v) is 10.8. The minimum Gasteiger partial charge on any atom is -0.494 e. The molecule has 2 rings (SSSR count). The van der Waals surface area contributed by atoms with Gasteiger partial charge in [0.2, 0.25) is 5.91 Å². The first-order valence-electron chi connectivity index (χ1n) is 13.5. The number of aryl methyl sites for hydroxylation is 1. The smallest absolute Gasteiger partial charge is 0.217 e. The fourth-order valence-electron chi connectivity index (χ4n) is 4.14. The van der Waals surface area contributed by atoms with Crippen molar-refractivity contribution >= 4 is 5.91 Å². The number of nitrogens with two attached hydrogens (primary N) is 1. The number of hydrogen-bond acceptors (Lipinski definition) is 4. The molecule has 1 amide bonds. The first-order valence-corrected chi connectivity index (χ1v) is 13.5. The quantitative estimate of drug-likeness (QED) is 0.219. The summed E-state index contributed by atoms with van der Waals surface area (Å²) < 4.78 is 14.4. The molecule has 0 saturated carbocycles. The third kappa shape index (κ3) is 14.5. The van der Waals surface area contributed by atoms with Crippen LogP contribution in [0.2, 0.25) is 0 Å². The van der Waals surface area contributed by atoms with Crippen LogP contribution in [-0.2, 0) is 11.3 Å². The lowest BCUT2D eigenvalue weighted by Gasteiger charge is -2.22. The van der Waals surface area contributed by atoms with Gasteiger partial charge in [0.25, 0.3) is 0 Å². The summed E-state index contributed by atoms with van der Waals surface area (Å²) >= 11 is 0. The summed E-state index contributed by atoms with van der Waals surface area (Å²) in [4.78, 5) is 15.0. The summed E-state index contributed by atoms with van der Waals surface area (Å²) in [7, 11) is 0. The molecule has 6 nitrogen and oxygen atoms in total. The number of rotatable bonds is 19. The second-order valence-electron chi connectivity index (χ2n) is 10.8. The Morgan fingerprint density at radius 3 is 2.31 bits per heavy atom. The summed E-state index contributed by atoms with van der Waals surface area (Å²) in [5.74, 6) is 1.60. The van der Waals surface area contributed by atoms with Gasteiger partial charge in [-0.15, -0.1) is 0 Å². The highest BCUT2D eigenvalue weighted by Crippen LogP contribution is 2.26. The van der Waals surface area contributed by atoms with Crippen LogP contribution in [0.25, 0.3) is 0 Å². The number of unbranched alkanes of at least 4 members (excludes halogenated alkanes) is 5. The van der Waals surface area contributed by atoms with E-state index >= 15 is 0 Å². The number of benzene rings is 1. The van der Waals surface area contributed by atoms with Crippen LogP contribution in [0, 0.1) is 5.41 Å². The molecule has 0 fully saturated rings. The molecule has 0 saturated heterocycles. The van der Waals surface area contributed by atoms with Crippen LogP contribution in [0.15, 0.2) is 43.0 Å². The van der Waals surface area contributed by atoms with E-state index in [0.717, 1.165) is 88.9 Å². The van der Waals surface area contributed by atoms with Gasteiger partial charge < -0.3 is 19.8 Å². The summed E-state index contributed by atoms with van der Waals surface area (Å²) in [6.07, 6.45) is 18.3. The van der Waals surface area contributed by atoms with E-state index in [0.29, 0.717) is 11.8 Å². The van der Waals surface area contributed by atoms with Gasteiger partial charge in [-0.25, -0.2) is 4.98 Å². The zero-order valence-electron chi connectivity index (χ0n) is 22.2. The van der Waals surface area contributed by atoms with Crippen molar-refractivity contribution in [3.63, 3.8) is 0 Å². The van der Waals surface area contributed by atoms with Crippen LogP contribution in [0.4, 0.5) is 0 Å². The van der Waals surface area contributed by atoms with Gasteiger partial charge in [0.15, 0.2) is 0 Å². The molecule has 35 heavy (non-hydrogen) atoms. The van der Waals surface area contributed by atoms with Gasteiger partial charge in [-0.1, -0.05) is 33.6 Å². The molecule has 1 aromatic heterocycles. The molecule has 0 radical (unpaired) electrons. The highest BCUT2D eigenvalue weighted by atomic mass is 16.5. The van der Waals surface area contributed by atoms with Crippen molar-refractivity contribution in [1.82, 2.24) is 9.55 Å². The fraction of sp³-hybridized carbons (Fsp3) is 0.655. The van der Waals surface area contributed by atoms with Crippen molar-refractivity contribution in [2.45, 2.75) is 110 Å². The van der Waals surface area contributed by atoms with Crippen molar-refractivity contribution < 1.29 is 14.3 Å². The zero-order valence-corrected chi connectivity index (χ0v) is 22.2. The molecule has 1 heterocycles. The molecule has 2 aromatic rings. The lowest BCUT2D eigenvalue weighted by molar-refractivity contribution is -0.118. The number of amides is 1. The number of carbonyl (C=O) groups excluding carboxylic acids is 1. The average Bonchev–Trinajstić information content (AvgIpc) is 3.32. The zero-order chi connectivity index (χ0) is 25.4. The normalized spacial score (nSPS) is 12.4. The Morgan fingerprint density at radius 2 is 1.63 bits per heavy atom. The maximum Gasteiger partial charge on any atom is 0.217 e. The van der Waals surface area contributed by atoms with Crippen molar-refractivity contribution in [3.8, 4) is 11.5 Å². The number of imidazole rings is 1. The third-order valence-electron chi connectivity index (χ3n) is 6.17. The van der Waals surface area contributed by atoms with Gasteiger partial charge in [0, 0.05) is 25.4 Å². The van der Waals surface area contributed by atoms with E-state index in [1.165, 1.54) is 6.42 Å². The Bertz CT molecular complexity index is 798. The van der Waals surface area contributed by atoms with Crippen molar-refractivity contribution in [1.29, 1.82) is 0 Å². The minimum absolute atomic E-state index is 0.202. The highest BCUT2D eigenvalue weighted by Gasteiger charge is 2.15. The van der Waals surface area contributed by atoms with Crippen molar-refractivity contribution in [2.24, 2.45) is 11.1 Å². The molecule has 2 N–H and O–H groups in total. The van der Waals surface area contributed by atoms with E-state index in [9.17, 15) is 4.79 Å². The largest absolute Gasteiger partial charge is 0.494 e. The van der Waals surface area contributed by atoms with Crippen LogP contribution in [0.5, 0.6) is 11.5 Å². The third-order valence-corrected chi connectivity index (χ3v) is 6.17. The Hall–Kier alpha value is -2.50. The Kier molecular flexibility index (Phi) is 13.3. The van der Waals surface area contributed by atoms with E-state index in [2.05, 4.69) is 30.3 Å². The number of nitrogens with zero attached hydrogens (tertiary/aromatic N) is 2. The Balaban J connectivity index is 1.70. The highest BCUT2D eigenvalue weighted by molar-refractivity contribution is 5.73. The van der Waals surface area contributed by atoms with Gasteiger partial charge in [0.1, 0.15) is 11.5 Å². The SMILES string of the molecule is CC(C)(C)CCCC(CCCCCCC(N)=O)Oc1ccc(OCCCCCn2ccnc2)cc1. The molecule has 1 atom stereocenters. The first kappa shape index (κ1) is 28.7. The lowest BCUT2D eigenvalue weighted by atomic mass is 9.89. The molecule has 1 unspecified atom stereocenters. The van der Waals surface area contributed by atoms with Crippen LogP contribution in [0.3, 0.4) is 0 Å². The van der Waals surface area contributed by atoms with E-state index in [4.69, 9.17) is 15.2 Å². The maximum absolute atomic E-state index is 10.9. The summed E-state index contributed by atoms with van der Waals surface area (Å²) in [5.41, 5.74) is 5.58. The van der Waals surface area contributed by atoms with Gasteiger partial charge in [-0.3, -0.25) is 4.79 Å². The van der Waals surface area contributed by atoms with Crippen molar-refractivity contribution in [3.05, 3.63) is 43.0 Å². The van der Waals surface area contributed by atoms with Gasteiger partial charge in [-0.05, 0) is 87.5 Å². The second kappa shape index (κ2) is 16.2.